The molecule has 1 heterocycles. The normalized spacial score (nSPS) is 24.1. The number of fused-ring (bicyclic) bond motifs is 1. The van der Waals surface area contributed by atoms with Gasteiger partial charge in [-0.2, -0.15) is 0 Å². The Morgan fingerprint density at radius 3 is 2.44 bits per heavy atom. The van der Waals surface area contributed by atoms with Gasteiger partial charge in [0.15, 0.2) is 0 Å². The summed E-state index contributed by atoms with van der Waals surface area (Å²) in [4.78, 5) is 2.32. The van der Waals surface area contributed by atoms with Crippen molar-refractivity contribution < 1.29 is 14.9 Å². The number of hydrogen-bond acceptors (Lipinski definition) is 4. The van der Waals surface area contributed by atoms with Crippen LogP contribution in [0.15, 0.2) is 18.2 Å². The van der Waals surface area contributed by atoms with Crippen molar-refractivity contribution in [3.63, 3.8) is 0 Å². The van der Waals surface area contributed by atoms with E-state index in [1.807, 2.05) is 6.07 Å². The first-order valence-electron chi connectivity index (χ1n) is 9.56. The zero-order valence-electron chi connectivity index (χ0n) is 16.1. The molecule has 1 unspecified atom stereocenters. The lowest BCUT2D eigenvalue weighted by Gasteiger charge is -2.54. The fourth-order valence-corrected chi connectivity index (χ4v) is 4.85. The molecule has 0 amide bonds. The Hall–Kier alpha value is -1.10. The standard InChI is InChI=1S/C21H33NO3/c1-20(2)11-17(23)12-21(3,4)22(20)13-18(24)14-25-19-9-8-15-6-5-7-16(15)10-19/h8-10,17-18,23-24H,5-7,11-14H2,1-4H3. The Kier molecular flexibility index (Phi) is 5.16. The molecule has 1 aliphatic carbocycles. The van der Waals surface area contributed by atoms with Gasteiger partial charge in [0, 0.05) is 17.6 Å². The van der Waals surface area contributed by atoms with E-state index in [-0.39, 0.29) is 17.2 Å². The first kappa shape index (κ1) is 18.7. The smallest absolute Gasteiger partial charge is 0.119 e. The molecule has 0 radical (unpaired) electrons. The van der Waals surface area contributed by atoms with Crippen molar-refractivity contribution in [1.82, 2.24) is 4.90 Å². The number of nitrogens with zero attached hydrogens (tertiary/aromatic N) is 1. The molecule has 3 rings (SSSR count). The van der Waals surface area contributed by atoms with Crippen LogP contribution in [0.1, 0.15) is 58.1 Å². The molecule has 140 valence electrons. The molecule has 1 fully saturated rings. The number of piperidine rings is 1. The second-order valence-electron chi connectivity index (χ2n) is 9.05. The molecule has 1 aliphatic heterocycles. The third-order valence-corrected chi connectivity index (χ3v) is 5.84. The van der Waals surface area contributed by atoms with Gasteiger partial charge in [-0.25, -0.2) is 0 Å². The minimum Gasteiger partial charge on any atom is -0.491 e. The Morgan fingerprint density at radius 2 is 1.76 bits per heavy atom. The fraction of sp³-hybridized carbons (Fsp3) is 0.714. The fourth-order valence-electron chi connectivity index (χ4n) is 4.85. The van der Waals surface area contributed by atoms with E-state index in [0.29, 0.717) is 13.2 Å². The van der Waals surface area contributed by atoms with E-state index in [1.165, 1.54) is 24.0 Å². The van der Waals surface area contributed by atoms with Crippen molar-refractivity contribution >= 4 is 0 Å². The maximum absolute atomic E-state index is 10.6. The highest BCUT2D eigenvalue weighted by Crippen LogP contribution is 2.38. The molecule has 1 saturated heterocycles. The van der Waals surface area contributed by atoms with Crippen LogP contribution in [-0.2, 0) is 12.8 Å². The van der Waals surface area contributed by atoms with Gasteiger partial charge >= 0.3 is 0 Å². The Bertz CT molecular complexity index is 593. The molecule has 1 aromatic carbocycles. The molecule has 25 heavy (non-hydrogen) atoms. The summed E-state index contributed by atoms with van der Waals surface area (Å²) in [7, 11) is 0. The second kappa shape index (κ2) is 6.90. The van der Waals surface area contributed by atoms with Crippen LogP contribution in [0.2, 0.25) is 0 Å². The number of aliphatic hydroxyl groups is 2. The van der Waals surface area contributed by atoms with Crippen molar-refractivity contribution in [3.8, 4) is 5.75 Å². The molecule has 0 aromatic heterocycles. The average molecular weight is 347 g/mol. The lowest BCUT2D eigenvalue weighted by Crippen LogP contribution is -2.63. The maximum atomic E-state index is 10.6. The van der Waals surface area contributed by atoms with Gasteiger partial charge in [0.2, 0.25) is 0 Å². The molecule has 4 nitrogen and oxygen atoms in total. The topological polar surface area (TPSA) is 52.9 Å². The quantitative estimate of drug-likeness (QED) is 0.860. The zero-order chi connectivity index (χ0) is 18.2. The number of β-amino-alcohol motifs (C(OH)–C–C–N with tert-alkyl or cyclic N) is 1. The number of hydrogen-bond donors (Lipinski definition) is 2. The van der Waals surface area contributed by atoms with Crippen molar-refractivity contribution in [1.29, 1.82) is 0 Å². The van der Waals surface area contributed by atoms with Gasteiger partial charge < -0.3 is 14.9 Å². The Morgan fingerprint density at radius 1 is 1.12 bits per heavy atom. The number of aryl methyl sites for hydroxylation is 2. The van der Waals surface area contributed by atoms with Crippen LogP contribution in [0.5, 0.6) is 5.75 Å². The van der Waals surface area contributed by atoms with E-state index < -0.39 is 6.10 Å². The first-order valence-corrected chi connectivity index (χ1v) is 9.56. The predicted octanol–water partition coefficient (Wildman–Crippen LogP) is 2.93. The van der Waals surface area contributed by atoms with Crippen LogP contribution in [0.3, 0.4) is 0 Å². The van der Waals surface area contributed by atoms with Gasteiger partial charge in [-0.1, -0.05) is 6.07 Å². The third kappa shape index (κ3) is 4.18. The minimum atomic E-state index is -0.554. The SMILES string of the molecule is CC1(C)CC(O)CC(C)(C)N1CC(O)COc1ccc2c(c1)CCC2. The van der Waals surface area contributed by atoms with Crippen LogP contribution in [0.25, 0.3) is 0 Å². The van der Waals surface area contributed by atoms with Crippen molar-refractivity contribution in [2.45, 2.75) is 83.1 Å². The highest BCUT2D eigenvalue weighted by molar-refractivity contribution is 5.38. The number of rotatable bonds is 5. The first-order chi connectivity index (χ1) is 11.7. The molecule has 0 bridgehead atoms. The van der Waals surface area contributed by atoms with Gasteiger partial charge in [0.1, 0.15) is 18.5 Å². The third-order valence-electron chi connectivity index (χ3n) is 5.84. The second-order valence-corrected chi connectivity index (χ2v) is 9.05. The van der Waals surface area contributed by atoms with Crippen LogP contribution in [0, 0.1) is 0 Å². The Balaban J connectivity index is 1.59. The largest absolute Gasteiger partial charge is 0.491 e. The summed E-state index contributed by atoms with van der Waals surface area (Å²) in [6.07, 6.45) is 4.16. The molecule has 0 saturated carbocycles. The van der Waals surface area contributed by atoms with E-state index in [1.54, 1.807) is 0 Å². The lowest BCUT2D eigenvalue weighted by atomic mass is 9.78. The van der Waals surface area contributed by atoms with Crippen LogP contribution in [0.4, 0.5) is 0 Å². The van der Waals surface area contributed by atoms with Crippen molar-refractivity contribution in [2.75, 3.05) is 13.2 Å². The van der Waals surface area contributed by atoms with Crippen molar-refractivity contribution in [3.05, 3.63) is 29.3 Å². The Labute approximate surface area is 151 Å². The molecular formula is C21H33NO3. The summed E-state index contributed by atoms with van der Waals surface area (Å²) in [6, 6.07) is 6.30. The zero-order valence-corrected chi connectivity index (χ0v) is 16.1. The molecule has 1 atom stereocenters. The van der Waals surface area contributed by atoms with Gasteiger partial charge in [-0.3, -0.25) is 4.90 Å². The number of likely N-dealkylation sites (tertiary alicyclic amines) is 1. The molecule has 0 spiro atoms. The molecule has 2 N–H and O–H groups in total. The number of aliphatic hydroxyl groups excluding tert-OH is 2. The average Bonchev–Trinajstić information content (AvgIpc) is 2.95. The van der Waals surface area contributed by atoms with E-state index in [9.17, 15) is 10.2 Å². The van der Waals surface area contributed by atoms with E-state index in [0.717, 1.165) is 25.0 Å². The summed E-state index contributed by atoms with van der Waals surface area (Å²) in [6.45, 7) is 9.43. The van der Waals surface area contributed by atoms with Crippen LogP contribution in [-0.4, -0.2) is 51.6 Å². The molecular weight excluding hydrogens is 314 g/mol. The minimum absolute atomic E-state index is 0.143. The van der Waals surface area contributed by atoms with Crippen molar-refractivity contribution in [2.24, 2.45) is 0 Å². The summed E-state index contributed by atoms with van der Waals surface area (Å²) in [5.74, 6) is 0.854. The number of benzene rings is 1. The molecule has 2 aliphatic rings. The molecule has 4 heteroatoms. The predicted molar refractivity (Wildman–Crippen MR) is 100 cm³/mol. The molecule has 1 aromatic rings. The summed E-state index contributed by atoms with van der Waals surface area (Å²) >= 11 is 0. The van der Waals surface area contributed by atoms with Crippen LogP contribution < -0.4 is 4.74 Å². The van der Waals surface area contributed by atoms with Gasteiger partial charge in [-0.05, 0) is 83.1 Å². The van der Waals surface area contributed by atoms with E-state index in [4.69, 9.17) is 4.74 Å². The highest BCUT2D eigenvalue weighted by Gasteiger charge is 2.45. The van der Waals surface area contributed by atoms with E-state index >= 15 is 0 Å². The van der Waals surface area contributed by atoms with Gasteiger partial charge in [-0.15, -0.1) is 0 Å². The summed E-state index contributed by atoms with van der Waals surface area (Å²) in [5.41, 5.74) is 2.54. The highest BCUT2D eigenvalue weighted by atomic mass is 16.5. The van der Waals surface area contributed by atoms with Gasteiger partial charge in [0.25, 0.3) is 0 Å². The van der Waals surface area contributed by atoms with Gasteiger partial charge in [0.05, 0.1) is 6.10 Å². The summed E-state index contributed by atoms with van der Waals surface area (Å²) in [5, 5.41) is 20.7. The number of ether oxygens (including phenoxy) is 1. The maximum Gasteiger partial charge on any atom is 0.119 e. The lowest BCUT2D eigenvalue weighted by molar-refractivity contribution is -0.1000. The van der Waals surface area contributed by atoms with E-state index in [2.05, 4.69) is 44.7 Å². The van der Waals surface area contributed by atoms with Crippen LogP contribution >= 0.6 is 0 Å². The monoisotopic (exact) mass is 347 g/mol. The summed E-state index contributed by atoms with van der Waals surface area (Å²) < 4.78 is 5.87.